The maximum absolute atomic E-state index is 13.7. The number of amides is 1. The van der Waals surface area contributed by atoms with Gasteiger partial charge in [0.1, 0.15) is 0 Å². The number of nitrogens with zero attached hydrogens (tertiary/aromatic N) is 1. The first kappa shape index (κ1) is 28.1. The number of halogens is 3. The van der Waals surface area contributed by atoms with Crippen LogP contribution in [0.3, 0.4) is 0 Å². The molecule has 2 aromatic carbocycles. The highest BCUT2D eigenvalue weighted by molar-refractivity contribution is 7.91. The molecule has 0 unspecified atom stereocenters. The first-order chi connectivity index (χ1) is 16.7. The number of carbonyl (C=O) groups is 1. The second-order valence-electron chi connectivity index (χ2n) is 8.87. The topological polar surface area (TPSA) is 113 Å². The smallest absolute Gasteiger partial charge is 0.353 e. The van der Waals surface area contributed by atoms with E-state index in [2.05, 4.69) is 10.0 Å². The van der Waals surface area contributed by atoms with E-state index in [-0.39, 0.29) is 36.2 Å². The van der Waals surface area contributed by atoms with Crippen molar-refractivity contribution in [2.24, 2.45) is 0 Å². The highest BCUT2D eigenvalue weighted by Gasteiger charge is 2.39. The summed E-state index contributed by atoms with van der Waals surface area (Å²) in [6.45, 7) is 4.53. The Morgan fingerprint density at radius 1 is 1.00 bits per heavy atom. The van der Waals surface area contributed by atoms with Gasteiger partial charge in [-0.15, -0.1) is 0 Å². The molecule has 0 radical (unpaired) electrons. The highest BCUT2D eigenvalue weighted by atomic mass is 32.2. The van der Waals surface area contributed by atoms with Gasteiger partial charge in [-0.1, -0.05) is 18.2 Å². The van der Waals surface area contributed by atoms with Crippen LogP contribution in [-0.2, 0) is 30.8 Å². The number of nitrogens with one attached hydrogen (secondary N) is 2. The molecule has 0 aromatic heterocycles. The van der Waals surface area contributed by atoms with Gasteiger partial charge >= 0.3 is 6.18 Å². The second kappa shape index (κ2) is 10.9. The van der Waals surface area contributed by atoms with Crippen LogP contribution in [0, 0.1) is 0 Å². The maximum atomic E-state index is 13.7. The second-order valence-corrected chi connectivity index (χ2v) is 12.5. The number of hydrogen-bond donors (Lipinski definition) is 2. The monoisotopic (exact) mass is 547 g/mol. The van der Waals surface area contributed by atoms with E-state index >= 15 is 0 Å². The lowest BCUT2D eigenvalue weighted by molar-refractivity contribution is -0.140. The Morgan fingerprint density at radius 3 is 2.17 bits per heavy atom. The molecule has 13 heteroatoms. The number of likely N-dealkylation sites (tertiary alicyclic amines) is 1. The molecule has 0 saturated carbocycles. The molecule has 0 bridgehead atoms. The molecule has 2 aromatic rings. The van der Waals surface area contributed by atoms with Crippen LogP contribution in [0.1, 0.15) is 32.3 Å². The van der Waals surface area contributed by atoms with Crippen LogP contribution >= 0.6 is 0 Å². The summed E-state index contributed by atoms with van der Waals surface area (Å²) in [7, 11) is -8.98. The summed E-state index contributed by atoms with van der Waals surface area (Å²) in [6.07, 6.45) is -4.47. The largest absolute Gasteiger partial charge is 0.417 e. The average molecular weight is 548 g/mol. The minimum atomic E-state index is -5.02. The Balaban J connectivity index is 1.84. The van der Waals surface area contributed by atoms with Crippen LogP contribution in [-0.4, -0.2) is 59.4 Å². The molecule has 1 aliphatic rings. The Hall–Kier alpha value is -2.48. The third kappa shape index (κ3) is 6.84. The van der Waals surface area contributed by atoms with Gasteiger partial charge in [0.15, 0.2) is 0 Å². The van der Waals surface area contributed by atoms with Gasteiger partial charge in [0.2, 0.25) is 25.8 Å². The Labute approximate surface area is 208 Å². The quantitative estimate of drug-likeness (QED) is 0.526. The lowest BCUT2D eigenvalue weighted by atomic mass is 10.1. The summed E-state index contributed by atoms with van der Waals surface area (Å²) in [6, 6.07) is 8.12. The SMILES string of the molecule is CC(C)NC(=O)CN1CCC(NS(=O)(=O)c2cc(S(=O)(=O)c3ccccc3)ccc2C(F)(F)F)CC1. The van der Waals surface area contributed by atoms with Crippen LogP contribution in [0.15, 0.2) is 63.2 Å². The van der Waals surface area contributed by atoms with E-state index in [9.17, 15) is 34.8 Å². The zero-order valence-electron chi connectivity index (χ0n) is 19.7. The molecule has 8 nitrogen and oxygen atoms in total. The third-order valence-corrected chi connectivity index (χ3v) is 8.97. The van der Waals surface area contributed by atoms with E-state index in [0.717, 1.165) is 6.07 Å². The molecule has 198 valence electrons. The van der Waals surface area contributed by atoms with Gasteiger partial charge in [0.05, 0.1) is 26.8 Å². The average Bonchev–Trinajstić information content (AvgIpc) is 2.79. The third-order valence-electron chi connectivity index (χ3n) is 5.64. The predicted octanol–water partition coefficient (Wildman–Crippen LogP) is 2.81. The predicted molar refractivity (Wildman–Crippen MR) is 126 cm³/mol. The highest BCUT2D eigenvalue weighted by Crippen LogP contribution is 2.36. The molecular weight excluding hydrogens is 519 g/mol. The van der Waals surface area contributed by atoms with E-state index < -0.39 is 47.4 Å². The van der Waals surface area contributed by atoms with Crippen LogP contribution in [0.2, 0.25) is 0 Å². The van der Waals surface area contributed by atoms with Crippen molar-refractivity contribution in [3.8, 4) is 0 Å². The minimum absolute atomic E-state index is 0.0221. The molecule has 0 atom stereocenters. The van der Waals surface area contributed by atoms with Crippen LogP contribution in [0.25, 0.3) is 0 Å². The van der Waals surface area contributed by atoms with Crippen molar-refractivity contribution in [1.29, 1.82) is 0 Å². The van der Waals surface area contributed by atoms with Crippen molar-refractivity contribution in [1.82, 2.24) is 14.9 Å². The first-order valence-electron chi connectivity index (χ1n) is 11.3. The van der Waals surface area contributed by atoms with Gasteiger partial charge in [0, 0.05) is 25.2 Å². The van der Waals surface area contributed by atoms with Crippen molar-refractivity contribution in [3.05, 3.63) is 54.1 Å². The summed E-state index contributed by atoms with van der Waals surface area (Å²) in [5, 5.41) is 2.76. The maximum Gasteiger partial charge on any atom is 0.417 e. The molecule has 1 amide bonds. The molecule has 0 spiro atoms. The molecule has 36 heavy (non-hydrogen) atoms. The number of alkyl halides is 3. The van der Waals surface area contributed by atoms with Crippen molar-refractivity contribution in [2.75, 3.05) is 19.6 Å². The molecule has 3 rings (SSSR count). The fourth-order valence-corrected chi connectivity index (χ4v) is 6.86. The molecule has 1 fully saturated rings. The number of hydrogen-bond acceptors (Lipinski definition) is 6. The first-order valence-corrected chi connectivity index (χ1v) is 14.2. The molecule has 1 aliphatic heterocycles. The Kier molecular flexibility index (Phi) is 8.48. The number of sulfone groups is 1. The fraction of sp³-hybridized carbons (Fsp3) is 0.435. The van der Waals surface area contributed by atoms with E-state index in [0.29, 0.717) is 25.2 Å². The number of piperidine rings is 1. The summed E-state index contributed by atoms with van der Waals surface area (Å²) < 4.78 is 95.4. The lowest BCUT2D eigenvalue weighted by Gasteiger charge is -2.32. The number of rotatable bonds is 8. The Bertz CT molecular complexity index is 1290. The van der Waals surface area contributed by atoms with Crippen molar-refractivity contribution in [2.45, 2.75) is 59.6 Å². The van der Waals surface area contributed by atoms with E-state index in [1.807, 2.05) is 18.7 Å². The van der Waals surface area contributed by atoms with Gasteiger partial charge in [-0.05, 0) is 57.0 Å². The van der Waals surface area contributed by atoms with Crippen molar-refractivity contribution < 1.29 is 34.8 Å². The summed E-state index contributed by atoms with van der Waals surface area (Å²) >= 11 is 0. The van der Waals surface area contributed by atoms with E-state index in [1.165, 1.54) is 24.3 Å². The number of benzene rings is 2. The van der Waals surface area contributed by atoms with Gasteiger partial charge in [-0.25, -0.2) is 21.6 Å². The van der Waals surface area contributed by atoms with Crippen molar-refractivity contribution in [3.63, 3.8) is 0 Å². The summed E-state index contributed by atoms with van der Waals surface area (Å²) in [5.41, 5.74) is -1.45. The molecule has 0 aliphatic carbocycles. The molecular formula is C23H28F3N3O5S2. The van der Waals surface area contributed by atoms with E-state index in [4.69, 9.17) is 0 Å². The normalized spacial score (nSPS) is 16.3. The molecule has 1 heterocycles. The summed E-state index contributed by atoms with van der Waals surface area (Å²) in [4.78, 5) is 11.9. The van der Waals surface area contributed by atoms with Crippen LogP contribution < -0.4 is 10.0 Å². The zero-order chi connectivity index (χ0) is 26.7. The summed E-state index contributed by atoms with van der Waals surface area (Å²) in [5.74, 6) is -0.171. The standard InChI is InChI=1S/C23H28F3N3O5S2/c1-16(2)27-22(30)15-29-12-10-17(11-13-29)28-36(33,34)21-14-19(8-9-20(21)23(24,25)26)35(31,32)18-6-4-3-5-7-18/h3-9,14,16-17,28H,10-13,15H2,1-2H3,(H,27,30). The lowest BCUT2D eigenvalue weighted by Crippen LogP contribution is -2.48. The molecule has 2 N–H and O–H groups in total. The zero-order valence-corrected chi connectivity index (χ0v) is 21.4. The van der Waals surface area contributed by atoms with Crippen LogP contribution in [0.4, 0.5) is 13.2 Å². The van der Waals surface area contributed by atoms with Gasteiger partial charge in [-0.2, -0.15) is 13.2 Å². The number of carbonyl (C=O) groups excluding carboxylic acids is 1. The number of sulfonamides is 1. The minimum Gasteiger partial charge on any atom is -0.353 e. The van der Waals surface area contributed by atoms with Gasteiger partial charge < -0.3 is 5.32 Å². The Morgan fingerprint density at radius 2 is 1.61 bits per heavy atom. The van der Waals surface area contributed by atoms with E-state index in [1.54, 1.807) is 6.07 Å². The van der Waals surface area contributed by atoms with Crippen molar-refractivity contribution >= 4 is 25.8 Å². The van der Waals surface area contributed by atoms with Gasteiger partial charge in [0.25, 0.3) is 0 Å². The van der Waals surface area contributed by atoms with Crippen LogP contribution in [0.5, 0.6) is 0 Å². The van der Waals surface area contributed by atoms with Gasteiger partial charge in [-0.3, -0.25) is 9.69 Å². The fourth-order valence-electron chi connectivity index (χ4n) is 3.92. The molecule has 1 saturated heterocycles.